The topological polar surface area (TPSA) is 61.0 Å². The summed E-state index contributed by atoms with van der Waals surface area (Å²) in [5, 5.41) is 12.3. The first-order chi connectivity index (χ1) is 11.5. The Balaban J connectivity index is 1.72. The summed E-state index contributed by atoms with van der Waals surface area (Å²) in [7, 11) is 1.97. The lowest BCUT2D eigenvalue weighted by molar-refractivity contribution is -0.384. The maximum Gasteiger partial charge on any atom is 0.269 e. The Kier molecular flexibility index (Phi) is 4.87. The molecule has 1 aromatic heterocycles. The maximum atomic E-state index is 10.7. The highest BCUT2D eigenvalue weighted by Crippen LogP contribution is 2.28. The van der Waals surface area contributed by atoms with E-state index in [1.165, 1.54) is 12.1 Å². The maximum absolute atomic E-state index is 10.7. The number of thioether (sulfide) groups is 1. The summed E-state index contributed by atoms with van der Waals surface area (Å²) in [5.74, 6) is 0.697. The van der Waals surface area contributed by atoms with Gasteiger partial charge in [-0.1, -0.05) is 47.6 Å². The van der Waals surface area contributed by atoms with Gasteiger partial charge in [-0.05, 0) is 23.3 Å². The van der Waals surface area contributed by atoms with E-state index in [-0.39, 0.29) is 5.69 Å². The van der Waals surface area contributed by atoms with Crippen LogP contribution < -0.4 is 0 Å². The van der Waals surface area contributed by atoms with Crippen molar-refractivity contribution >= 4 is 29.1 Å². The number of nitro benzene ring substituents is 1. The van der Waals surface area contributed by atoms with E-state index in [0.29, 0.717) is 10.8 Å². The van der Waals surface area contributed by atoms with E-state index >= 15 is 0 Å². The molecule has 0 unspecified atom stereocenters. The van der Waals surface area contributed by atoms with Gasteiger partial charge in [0.15, 0.2) is 5.16 Å². The Morgan fingerprint density at radius 2 is 1.83 bits per heavy atom. The summed E-state index contributed by atoms with van der Waals surface area (Å²) >= 11 is 7.51. The van der Waals surface area contributed by atoms with Crippen molar-refractivity contribution in [2.75, 3.05) is 0 Å². The first-order valence-electron chi connectivity index (χ1n) is 7.18. The van der Waals surface area contributed by atoms with Crippen molar-refractivity contribution in [1.82, 2.24) is 9.55 Å². The van der Waals surface area contributed by atoms with Crippen LogP contribution in [0.15, 0.2) is 59.9 Å². The summed E-state index contributed by atoms with van der Waals surface area (Å²) < 4.78 is 2.03. The molecule has 0 aliphatic carbocycles. The highest BCUT2D eigenvalue weighted by molar-refractivity contribution is 7.98. The van der Waals surface area contributed by atoms with Crippen LogP contribution in [0, 0.1) is 10.1 Å². The quantitative estimate of drug-likeness (QED) is 0.367. The summed E-state index contributed by atoms with van der Waals surface area (Å²) in [6, 6.07) is 14.2. The molecule has 0 saturated heterocycles. The predicted octanol–water partition coefficient (Wildman–Crippen LogP) is 4.94. The predicted molar refractivity (Wildman–Crippen MR) is 96.3 cm³/mol. The van der Waals surface area contributed by atoms with Crippen LogP contribution >= 0.6 is 23.4 Å². The van der Waals surface area contributed by atoms with E-state index in [4.69, 9.17) is 11.6 Å². The lowest BCUT2D eigenvalue weighted by Gasteiger charge is -2.06. The standard InChI is InChI=1S/C17H14ClN3O2S/c1-20-16(13-4-6-14(18)7-5-13)10-19-17(20)24-11-12-2-8-15(9-3-12)21(22)23/h2-10H,11H2,1H3. The molecule has 0 amide bonds. The van der Waals surface area contributed by atoms with E-state index in [2.05, 4.69) is 4.98 Å². The Morgan fingerprint density at radius 1 is 1.17 bits per heavy atom. The zero-order valence-electron chi connectivity index (χ0n) is 12.8. The van der Waals surface area contributed by atoms with Crippen molar-refractivity contribution in [1.29, 1.82) is 0 Å². The van der Waals surface area contributed by atoms with Gasteiger partial charge in [0.1, 0.15) is 0 Å². The first kappa shape index (κ1) is 16.5. The second kappa shape index (κ2) is 7.07. The number of hydrogen-bond donors (Lipinski definition) is 0. The molecule has 0 atom stereocenters. The van der Waals surface area contributed by atoms with Crippen molar-refractivity contribution in [3.05, 3.63) is 75.4 Å². The van der Waals surface area contributed by atoms with Crippen molar-refractivity contribution < 1.29 is 4.92 Å². The molecule has 0 spiro atoms. The van der Waals surface area contributed by atoms with Crippen LogP contribution in [0.4, 0.5) is 5.69 Å². The largest absolute Gasteiger partial charge is 0.322 e. The van der Waals surface area contributed by atoms with E-state index in [9.17, 15) is 10.1 Å². The zero-order valence-corrected chi connectivity index (χ0v) is 14.4. The number of hydrogen-bond acceptors (Lipinski definition) is 4. The van der Waals surface area contributed by atoms with Gasteiger partial charge >= 0.3 is 0 Å². The Labute approximate surface area is 148 Å². The van der Waals surface area contributed by atoms with Crippen molar-refractivity contribution in [3.63, 3.8) is 0 Å². The smallest absolute Gasteiger partial charge is 0.269 e. The number of nitrogens with zero attached hydrogens (tertiary/aromatic N) is 3. The SMILES string of the molecule is Cn1c(-c2ccc(Cl)cc2)cnc1SCc1ccc([N+](=O)[O-])cc1. The van der Waals surface area contributed by atoms with Crippen LogP contribution in [0.5, 0.6) is 0 Å². The van der Waals surface area contributed by atoms with Crippen molar-refractivity contribution in [2.45, 2.75) is 10.9 Å². The fourth-order valence-corrected chi connectivity index (χ4v) is 3.31. The van der Waals surface area contributed by atoms with Gasteiger partial charge in [-0.25, -0.2) is 4.98 Å². The molecule has 2 aromatic carbocycles. The minimum absolute atomic E-state index is 0.103. The molecular weight excluding hydrogens is 346 g/mol. The van der Waals surface area contributed by atoms with Crippen LogP contribution in [-0.4, -0.2) is 14.5 Å². The third kappa shape index (κ3) is 3.60. The number of imidazole rings is 1. The third-order valence-corrected chi connectivity index (χ3v) is 4.97. The number of aromatic nitrogens is 2. The summed E-state index contributed by atoms with van der Waals surface area (Å²) in [4.78, 5) is 14.7. The molecule has 122 valence electrons. The minimum Gasteiger partial charge on any atom is -0.322 e. The third-order valence-electron chi connectivity index (χ3n) is 3.60. The normalized spacial score (nSPS) is 10.8. The Hall–Kier alpha value is -2.31. The van der Waals surface area contributed by atoms with Crippen LogP contribution in [-0.2, 0) is 12.8 Å². The van der Waals surface area contributed by atoms with Gasteiger partial charge in [-0.3, -0.25) is 10.1 Å². The summed E-state index contributed by atoms with van der Waals surface area (Å²) in [6.45, 7) is 0. The molecule has 0 aliphatic rings. The van der Waals surface area contributed by atoms with E-state index < -0.39 is 4.92 Å². The molecule has 0 aliphatic heterocycles. The summed E-state index contributed by atoms with van der Waals surface area (Å²) in [5.41, 5.74) is 3.18. The lowest BCUT2D eigenvalue weighted by Crippen LogP contribution is -1.94. The Bertz CT molecular complexity index is 861. The fraction of sp³-hybridized carbons (Fsp3) is 0.118. The van der Waals surface area contributed by atoms with E-state index in [1.54, 1.807) is 23.9 Å². The fourth-order valence-electron chi connectivity index (χ4n) is 2.28. The molecular formula is C17H14ClN3O2S. The molecule has 7 heteroatoms. The molecule has 5 nitrogen and oxygen atoms in total. The van der Waals surface area contributed by atoms with Gasteiger partial charge in [0.05, 0.1) is 16.8 Å². The molecule has 0 bridgehead atoms. The monoisotopic (exact) mass is 359 g/mol. The van der Waals surface area contributed by atoms with Crippen LogP contribution in [0.25, 0.3) is 11.3 Å². The second-order valence-corrected chi connectivity index (χ2v) is 6.58. The summed E-state index contributed by atoms with van der Waals surface area (Å²) in [6.07, 6.45) is 1.83. The number of halogens is 1. The minimum atomic E-state index is -0.395. The number of rotatable bonds is 5. The lowest BCUT2D eigenvalue weighted by atomic mass is 10.2. The van der Waals surface area contributed by atoms with Crippen LogP contribution in [0.3, 0.4) is 0 Å². The number of non-ortho nitro benzene ring substituents is 1. The van der Waals surface area contributed by atoms with Crippen molar-refractivity contribution in [2.24, 2.45) is 7.05 Å². The van der Waals surface area contributed by atoms with Crippen LogP contribution in [0.1, 0.15) is 5.56 Å². The van der Waals surface area contributed by atoms with Gasteiger partial charge in [0.2, 0.25) is 0 Å². The molecule has 3 rings (SSSR count). The van der Waals surface area contributed by atoms with E-state index in [1.807, 2.05) is 42.1 Å². The molecule has 1 heterocycles. The van der Waals surface area contributed by atoms with Crippen molar-refractivity contribution in [3.8, 4) is 11.3 Å². The van der Waals surface area contributed by atoms with Gasteiger partial charge < -0.3 is 4.57 Å². The number of benzene rings is 2. The van der Waals surface area contributed by atoms with Gasteiger partial charge in [0.25, 0.3) is 5.69 Å². The molecule has 0 fully saturated rings. The van der Waals surface area contributed by atoms with Gasteiger partial charge in [0, 0.05) is 30.0 Å². The molecule has 0 saturated carbocycles. The van der Waals surface area contributed by atoms with E-state index in [0.717, 1.165) is 22.0 Å². The highest BCUT2D eigenvalue weighted by Gasteiger charge is 2.10. The zero-order chi connectivity index (χ0) is 17.1. The number of nitro groups is 1. The second-order valence-electron chi connectivity index (χ2n) is 5.20. The average molecular weight is 360 g/mol. The first-order valence-corrected chi connectivity index (χ1v) is 8.55. The highest BCUT2D eigenvalue weighted by atomic mass is 35.5. The van der Waals surface area contributed by atoms with Crippen LogP contribution in [0.2, 0.25) is 5.02 Å². The molecule has 0 N–H and O–H groups in total. The molecule has 3 aromatic rings. The van der Waals surface area contributed by atoms with Gasteiger partial charge in [-0.15, -0.1) is 0 Å². The van der Waals surface area contributed by atoms with Gasteiger partial charge in [-0.2, -0.15) is 0 Å². The molecule has 0 radical (unpaired) electrons. The Morgan fingerprint density at radius 3 is 2.46 bits per heavy atom. The molecule has 24 heavy (non-hydrogen) atoms. The average Bonchev–Trinajstić information content (AvgIpc) is 2.95.